The summed E-state index contributed by atoms with van der Waals surface area (Å²) >= 11 is 0. The van der Waals surface area contributed by atoms with E-state index in [0.29, 0.717) is 23.7 Å². The largest absolute Gasteiger partial charge is 0.479 e. The summed E-state index contributed by atoms with van der Waals surface area (Å²) in [6, 6.07) is 4.15. The van der Waals surface area contributed by atoms with Crippen molar-refractivity contribution in [3.8, 4) is 17.0 Å². The standard InChI is InChI=1S/C26H31N9O2/c1-16(2)12-33-14-20(11-28-33)30-26-31-25(36-4)23-21(5-7-35(23)32-26)19-9-22-24(27-10-19)29-17(3)34(22)13-18-6-8-37-15-18/h5,7,9-11,14,16,18H,6,8,12-13,15H2,1-4H3,(H,30,32). The van der Waals surface area contributed by atoms with Crippen molar-refractivity contribution in [1.29, 1.82) is 0 Å². The maximum atomic E-state index is 5.70. The molecule has 1 unspecified atom stereocenters. The van der Waals surface area contributed by atoms with Crippen molar-refractivity contribution in [3.63, 3.8) is 0 Å². The Bertz CT molecular complexity index is 1560. The molecule has 1 N–H and O–H groups in total. The number of aromatic nitrogens is 8. The first-order valence-corrected chi connectivity index (χ1v) is 12.6. The monoisotopic (exact) mass is 501 g/mol. The van der Waals surface area contributed by atoms with Gasteiger partial charge in [0.25, 0.3) is 0 Å². The Balaban J connectivity index is 1.35. The molecule has 11 heteroatoms. The highest BCUT2D eigenvalue weighted by Crippen LogP contribution is 2.33. The third kappa shape index (κ3) is 4.50. The smallest absolute Gasteiger partial charge is 0.248 e. The van der Waals surface area contributed by atoms with E-state index in [4.69, 9.17) is 9.47 Å². The number of ether oxygens (including phenoxy) is 2. The van der Waals surface area contributed by atoms with Gasteiger partial charge in [0.1, 0.15) is 11.3 Å². The fourth-order valence-electron chi connectivity index (χ4n) is 4.93. The molecule has 0 aliphatic carbocycles. The number of nitrogens with one attached hydrogen (secondary N) is 1. The lowest BCUT2D eigenvalue weighted by atomic mass is 10.1. The number of methoxy groups -OCH3 is 1. The Kier molecular flexibility index (Phi) is 5.99. The van der Waals surface area contributed by atoms with Gasteiger partial charge in [-0.2, -0.15) is 10.1 Å². The van der Waals surface area contributed by atoms with Crippen LogP contribution < -0.4 is 10.1 Å². The van der Waals surface area contributed by atoms with Gasteiger partial charge in [0.2, 0.25) is 11.8 Å². The minimum absolute atomic E-state index is 0.427. The summed E-state index contributed by atoms with van der Waals surface area (Å²) in [5.74, 6) is 2.86. The number of fused-ring (bicyclic) bond motifs is 2. The van der Waals surface area contributed by atoms with Crippen molar-refractivity contribution in [2.75, 3.05) is 25.6 Å². The minimum Gasteiger partial charge on any atom is -0.479 e. The summed E-state index contributed by atoms with van der Waals surface area (Å²) in [7, 11) is 1.62. The SMILES string of the molecule is COc1nc(Nc2cnn(CC(C)C)c2)nn2ccc(-c3cnc4nc(C)n(CC5CCOC5)c4c3)c12. The molecule has 5 aromatic rings. The number of anilines is 2. The lowest BCUT2D eigenvalue weighted by molar-refractivity contribution is 0.182. The van der Waals surface area contributed by atoms with E-state index in [0.717, 1.165) is 72.0 Å². The zero-order chi connectivity index (χ0) is 25.5. The molecule has 1 atom stereocenters. The molecule has 37 heavy (non-hydrogen) atoms. The van der Waals surface area contributed by atoms with Gasteiger partial charge >= 0.3 is 0 Å². The van der Waals surface area contributed by atoms with Crippen LogP contribution in [-0.4, -0.2) is 59.2 Å². The van der Waals surface area contributed by atoms with E-state index in [1.54, 1.807) is 17.8 Å². The second kappa shape index (κ2) is 9.47. The van der Waals surface area contributed by atoms with Crippen LogP contribution in [0.2, 0.25) is 0 Å². The third-order valence-electron chi connectivity index (χ3n) is 6.69. The summed E-state index contributed by atoms with van der Waals surface area (Å²) in [5.41, 5.74) is 5.25. The van der Waals surface area contributed by atoms with Crippen LogP contribution in [0, 0.1) is 18.8 Å². The molecule has 1 fully saturated rings. The molecule has 192 valence electrons. The van der Waals surface area contributed by atoms with Gasteiger partial charge in [0.05, 0.1) is 31.1 Å². The number of hydrogen-bond acceptors (Lipinski definition) is 8. The predicted molar refractivity (Wildman–Crippen MR) is 140 cm³/mol. The first-order valence-electron chi connectivity index (χ1n) is 12.6. The van der Waals surface area contributed by atoms with Gasteiger partial charge in [0.15, 0.2) is 5.65 Å². The molecule has 0 aromatic carbocycles. The molecule has 0 amide bonds. The highest BCUT2D eigenvalue weighted by molar-refractivity contribution is 5.88. The average molecular weight is 502 g/mol. The molecule has 0 radical (unpaired) electrons. The molecular weight excluding hydrogens is 470 g/mol. The van der Waals surface area contributed by atoms with Gasteiger partial charge in [-0.1, -0.05) is 13.8 Å². The molecule has 0 spiro atoms. The van der Waals surface area contributed by atoms with Crippen LogP contribution in [-0.2, 0) is 17.8 Å². The van der Waals surface area contributed by atoms with Crippen molar-refractivity contribution in [2.24, 2.45) is 11.8 Å². The molecule has 11 nitrogen and oxygen atoms in total. The zero-order valence-corrected chi connectivity index (χ0v) is 21.5. The Hall–Kier alpha value is -3.99. The van der Waals surface area contributed by atoms with Crippen LogP contribution in [0.1, 0.15) is 26.1 Å². The van der Waals surface area contributed by atoms with Gasteiger partial charge in [-0.3, -0.25) is 4.68 Å². The molecule has 1 aliphatic heterocycles. The highest BCUT2D eigenvalue weighted by Gasteiger charge is 2.21. The molecule has 0 bridgehead atoms. The van der Waals surface area contributed by atoms with E-state index in [1.165, 1.54) is 0 Å². The van der Waals surface area contributed by atoms with E-state index < -0.39 is 0 Å². The number of nitrogens with zero attached hydrogens (tertiary/aromatic N) is 8. The van der Waals surface area contributed by atoms with Crippen molar-refractivity contribution in [1.82, 2.24) is 38.9 Å². The molecular formula is C26H31N9O2. The third-order valence-corrected chi connectivity index (χ3v) is 6.69. The summed E-state index contributed by atoms with van der Waals surface area (Å²) in [4.78, 5) is 14.0. The maximum Gasteiger partial charge on any atom is 0.248 e. The lowest BCUT2D eigenvalue weighted by Crippen LogP contribution is -2.11. The first kappa shape index (κ1) is 23.4. The molecule has 5 aromatic heterocycles. The number of imidazole rings is 1. The fraction of sp³-hybridized carbons (Fsp3) is 0.423. The van der Waals surface area contributed by atoms with E-state index >= 15 is 0 Å². The predicted octanol–water partition coefficient (Wildman–Crippen LogP) is 4.09. The Morgan fingerprint density at radius 2 is 2.14 bits per heavy atom. The molecule has 6 heterocycles. The number of rotatable bonds is 8. The number of pyridine rings is 1. The second-order valence-corrected chi connectivity index (χ2v) is 10.0. The van der Waals surface area contributed by atoms with Crippen LogP contribution in [0.3, 0.4) is 0 Å². The Morgan fingerprint density at radius 1 is 1.24 bits per heavy atom. The Morgan fingerprint density at radius 3 is 2.92 bits per heavy atom. The highest BCUT2D eigenvalue weighted by atomic mass is 16.5. The lowest BCUT2D eigenvalue weighted by Gasteiger charge is -2.12. The van der Waals surface area contributed by atoms with Crippen LogP contribution >= 0.6 is 0 Å². The molecule has 1 aliphatic rings. The Labute approximate surface area is 214 Å². The van der Waals surface area contributed by atoms with Crippen molar-refractivity contribution in [2.45, 2.75) is 40.3 Å². The fourth-order valence-corrected chi connectivity index (χ4v) is 4.93. The van der Waals surface area contributed by atoms with E-state index in [2.05, 4.69) is 54.9 Å². The molecule has 1 saturated heterocycles. The average Bonchev–Trinajstić information content (AvgIpc) is 3.67. The van der Waals surface area contributed by atoms with Gasteiger partial charge < -0.3 is 19.4 Å². The van der Waals surface area contributed by atoms with Crippen molar-refractivity contribution < 1.29 is 9.47 Å². The summed E-state index contributed by atoms with van der Waals surface area (Å²) in [5, 5.41) is 12.3. The second-order valence-electron chi connectivity index (χ2n) is 10.0. The quantitative estimate of drug-likeness (QED) is 0.339. The summed E-state index contributed by atoms with van der Waals surface area (Å²) in [6.07, 6.45) is 8.55. The summed E-state index contributed by atoms with van der Waals surface area (Å²) in [6.45, 7) is 9.69. The molecule has 6 rings (SSSR count). The maximum absolute atomic E-state index is 5.70. The normalized spacial score (nSPS) is 15.9. The van der Waals surface area contributed by atoms with Crippen LogP contribution in [0.15, 0.2) is 36.9 Å². The molecule has 0 saturated carbocycles. The van der Waals surface area contributed by atoms with Gasteiger partial charge in [-0.25, -0.2) is 14.5 Å². The van der Waals surface area contributed by atoms with Crippen LogP contribution in [0.5, 0.6) is 5.88 Å². The van der Waals surface area contributed by atoms with Gasteiger partial charge in [0, 0.05) is 55.3 Å². The van der Waals surface area contributed by atoms with Crippen LogP contribution in [0.25, 0.3) is 27.8 Å². The number of aryl methyl sites for hydroxylation is 1. The van der Waals surface area contributed by atoms with E-state index in [9.17, 15) is 0 Å². The summed E-state index contributed by atoms with van der Waals surface area (Å²) < 4.78 is 17.2. The van der Waals surface area contributed by atoms with Crippen molar-refractivity contribution >= 4 is 28.3 Å². The number of hydrogen-bond donors (Lipinski definition) is 1. The van der Waals surface area contributed by atoms with E-state index in [1.807, 2.05) is 36.3 Å². The van der Waals surface area contributed by atoms with E-state index in [-0.39, 0.29) is 0 Å². The topological polar surface area (TPSA) is 109 Å². The van der Waals surface area contributed by atoms with Crippen LogP contribution in [0.4, 0.5) is 11.6 Å². The van der Waals surface area contributed by atoms with Gasteiger partial charge in [-0.05, 0) is 31.4 Å². The zero-order valence-electron chi connectivity index (χ0n) is 21.5. The van der Waals surface area contributed by atoms with Gasteiger partial charge in [-0.15, -0.1) is 5.10 Å². The minimum atomic E-state index is 0.427. The first-order chi connectivity index (χ1) is 18.0. The van der Waals surface area contributed by atoms with Crippen molar-refractivity contribution in [3.05, 3.63) is 42.7 Å².